The molecule has 1 aliphatic rings. The maximum Gasteiger partial charge on any atom is 0.337 e. The quantitative estimate of drug-likeness (QED) is 0.263. The lowest BCUT2D eigenvalue weighted by Crippen LogP contribution is -2.22. The molecule has 0 bridgehead atoms. The third-order valence-electron chi connectivity index (χ3n) is 6.39. The molecule has 7 heteroatoms. The summed E-state index contributed by atoms with van der Waals surface area (Å²) < 4.78 is 7.15. The van der Waals surface area contributed by atoms with Crippen molar-refractivity contribution in [1.29, 1.82) is 0 Å². The van der Waals surface area contributed by atoms with E-state index in [1.807, 2.05) is 41.8 Å². The van der Waals surface area contributed by atoms with Crippen LogP contribution in [0.2, 0.25) is 0 Å². The number of ketones is 1. The predicted octanol–water partition coefficient (Wildman–Crippen LogP) is 5.95. The molecule has 0 radical (unpaired) electrons. The van der Waals surface area contributed by atoms with Crippen LogP contribution in [0.3, 0.4) is 0 Å². The average molecular weight is 460 g/mol. The highest BCUT2D eigenvalue weighted by Gasteiger charge is 2.29. The number of aromatic nitrogens is 3. The lowest BCUT2D eigenvalue weighted by Gasteiger charge is -2.31. The van der Waals surface area contributed by atoms with Gasteiger partial charge in [0.05, 0.1) is 28.6 Å². The number of hydrogen-bond acceptors (Lipinski definition) is 6. The van der Waals surface area contributed by atoms with E-state index >= 15 is 0 Å². The summed E-state index contributed by atoms with van der Waals surface area (Å²) in [5.74, 6) is 0.985. The van der Waals surface area contributed by atoms with Gasteiger partial charge in [0, 0.05) is 18.7 Å². The molecule has 3 aromatic heterocycles. The molecular weight excluding hydrogens is 434 g/mol. The molecule has 1 saturated carbocycles. The van der Waals surface area contributed by atoms with Crippen LogP contribution in [0, 0.1) is 5.92 Å². The molecule has 1 fully saturated rings. The number of Topliss-reactive ketones (excluding diaryl/α,β-unsaturated/α-hetero) is 1. The number of thiophene rings is 1. The van der Waals surface area contributed by atoms with Crippen LogP contribution in [0.5, 0.6) is 0 Å². The van der Waals surface area contributed by atoms with Crippen LogP contribution < -0.4 is 0 Å². The molecule has 1 aromatic carbocycles. The minimum Gasteiger partial charge on any atom is -0.465 e. The molecule has 0 saturated heterocycles. The summed E-state index contributed by atoms with van der Waals surface area (Å²) in [6, 6.07) is 15.4. The zero-order valence-corrected chi connectivity index (χ0v) is 19.3. The molecule has 2 atom stereocenters. The van der Waals surface area contributed by atoms with E-state index in [1.54, 1.807) is 18.3 Å². The molecule has 0 amide bonds. The van der Waals surface area contributed by atoms with Crippen LogP contribution in [0.15, 0.2) is 60.1 Å². The van der Waals surface area contributed by atoms with E-state index in [1.165, 1.54) is 18.4 Å². The predicted molar refractivity (Wildman–Crippen MR) is 129 cm³/mol. The van der Waals surface area contributed by atoms with E-state index in [4.69, 9.17) is 9.72 Å². The number of ether oxygens (including phenoxy) is 1. The molecule has 168 valence electrons. The first kappa shape index (κ1) is 21.5. The third kappa shape index (κ3) is 4.33. The number of benzene rings is 1. The van der Waals surface area contributed by atoms with Crippen molar-refractivity contribution in [3.63, 3.8) is 0 Å². The molecule has 33 heavy (non-hydrogen) atoms. The normalized spacial score (nSPS) is 18.3. The van der Waals surface area contributed by atoms with Gasteiger partial charge in [-0.1, -0.05) is 18.6 Å². The standard InChI is InChI=1S/C26H25N3O3S/c1-32-26(31)18-10-11-22-21(16-18)28-25(20-8-2-3-12-27-20)29(22)19-7-4-6-17(14-19)15-23(30)24-9-5-13-33-24/h2-3,5,8-13,16-17,19H,4,6-7,14-15H2,1H3/t17-,19+/m0/s1. The number of fused-ring (bicyclic) bond motifs is 1. The van der Waals surface area contributed by atoms with E-state index in [2.05, 4.69) is 9.55 Å². The summed E-state index contributed by atoms with van der Waals surface area (Å²) in [6.07, 6.45) is 6.41. The maximum atomic E-state index is 12.7. The summed E-state index contributed by atoms with van der Waals surface area (Å²) in [5, 5.41) is 1.95. The van der Waals surface area contributed by atoms with Gasteiger partial charge >= 0.3 is 5.97 Å². The topological polar surface area (TPSA) is 74.1 Å². The fraction of sp³-hybridized carbons (Fsp3) is 0.308. The second-order valence-corrected chi connectivity index (χ2v) is 9.45. The molecule has 0 N–H and O–H groups in total. The summed E-state index contributed by atoms with van der Waals surface area (Å²) in [5.41, 5.74) is 2.99. The Kier molecular flexibility index (Phi) is 6.05. The SMILES string of the molecule is COC(=O)c1ccc2c(c1)nc(-c1ccccn1)n2[C@@H]1CCC[C@H](CC(=O)c2cccs2)C1. The van der Waals surface area contributed by atoms with Gasteiger partial charge in [-0.3, -0.25) is 9.78 Å². The molecule has 1 aliphatic carbocycles. The van der Waals surface area contributed by atoms with Gasteiger partial charge in [-0.25, -0.2) is 9.78 Å². The van der Waals surface area contributed by atoms with Crippen molar-refractivity contribution in [3.8, 4) is 11.5 Å². The van der Waals surface area contributed by atoms with Crippen molar-refractivity contribution in [1.82, 2.24) is 14.5 Å². The van der Waals surface area contributed by atoms with Gasteiger partial charge < -0.3 is 9.30 Å². The Bertz CT molecular complexity index is 1280. The van der Waals surface area contributed by atoms with E-state index < -0.39 is 0 Å². The number of imidazole rings is 1. The molecule has 6 nitrogen and oxygen atoms in total. The highest BCUT2D eigenvalue weighted by Crippen LogP contribution is 2.39. The van der Waals surface area contributed by atoms with Crippen LogP contribution in [-0.2, 0) is 4.74 Å². The summed E-state index contributed by atoms with van der Waals surface area (Å²) >= 11 is 1.51. The van der Waals surface area contributed by atoms with Gasteiger partial charge in [0.25, 0.3) is 0 Å². The Morgan fingerprint density at radius 1 is 1.15 bits per heavy atom. The minimum atomic E-state index is -0.379. The zero-order chi connectivity index (χ0) is 22.8. The fourth-order valence-electron chi connectivity index (χ4n) is 4.87. The van der Waals surface area contributed by atoms with Crippen molar-refractivity contribution in [2.75, 3.05) is 7.11 Å². The Balaban J connectivity index is 1.51. The fourth-order valence-corrected chi connectivity index (χ4v) is 5.55. The number of carbonyl (C=O) groups excluding carboxylic acids is 2. The van der Waals surface area contributed by atoms with E-state index in [-0.39, 0.29) is 17.8 Å². The van der Waals surface area contributed by atoms with Crippen molar-refractivity contribution in [2.24, 2.45) is 5.92 Å². The monoisotopic (exact) mass is 459 g/mol. The Labute approximate surface area is 196 Å². The first-order chi connectivity index (χ1) is 16.1. The number of hydrogen-bond donors (Lipinski definition) is 0. The number of pyridine rings is 1. The highest BCUT2D eigenvalue weighted by molar-refractivity contribution is 7.12. The lowest BCUT2D eigenvalue weighted by atomic mass is 9.82. The van der Waals surface area contributed by atoms with Crippen LogP contribution in [0.1, 0.15) is 58.2 Å². The molecule has 0 aliphatic heterocycles. The summed E-state index contributed by atoms with van der Waals surface area (Å²) in [7, 11) is 1.38. The first-order valence-electron chi connectivity index (χ1n) is 11.2. The molecule has 5 rings (SSSR count). The number of nitrogens with zero attached hydrogens (tertiary/aromatic N) is 3. The second-order valence-electron chi connectivity index (χ2n) is 8.51. The van der Waals surface area contributed by atoms with Crippen LogP contribution in [0.4, 0.5) is 0 Å². The van der Waals surface area contributed by atoms with Gasteiger partial charge in [0.2, 0.25) is 0 Å². The summed E-state index contributed by atoms with van der Waals surface area (Å²) in [6.45, 7) is 0. The smallest absolute Gasteiger partial charge is 0.337 e. The maximum absolute atomic E-state index is 12.7. The number of carbonyl (C=O) groups is 2. The molecule has 0 spiro atoms. The largest absolute Gasteiger partial charge is 0.465 e. The number of esters is 1. The molecule has 0 unspecified atom stereocenters. The average Bonchev–Trinajstić information content (AvgIpc) is 3.52. The van der Waals surface area contributed by atoms with Gasteiger partial charge in [-0.15, -0.1) is 11.3 Å². The van der Waals surface area contributed by atoms with Crippen molar-refractivity contribution in [2.45, 2.75) is 38.1 Å². The second kappa shape index (κ2) is 9.27. The first-order valence-corrected chi connectivity index (χ1v) is 12.1. The Hall–Kier alpha value is -3.32. The Morgan fingerprint density at radius 3 is 2.82 bits per heavy atom. The van der Waals surface area contributed by atoms with E-state index in [0.29, 0.717) is 17.9 Å². The van der Waals surface area contributed by atoms with Crippen molar-refractivity contribution < 1.29 is 14.3 Å². The Morgan fingerprint density at radius 2 is 2.06 bits per heavy atom. The van der Waals surface area contributed by atoms with Crippen LogP contribution in [-0.4, -0.2) is 33.4 Å². The number of methoxy groups -OCH3 is 1. The third-order valence-corrected chi connectivity index (χ3v) is 7.31. The lowest BCUT2D eigenvalue weighted by molar-refractivity contribution is 0.0600. The van der Waals surface area contributed by atoms with E-state index in [9.17, 15) is 9.59 Å². The van der Waals surface area contributed by atoms with Crippen molar-refractivity contribution >= 4 is 34.1 Å². The van der Waals surface area contributed by atoms with Crippen LogP contribution in [0.25, 0.3) is 22.6 Å². The van der Waals surface area contributed by atoms with Gasteiger partial charge in [-0.2, -0.15) is 0 Å². The zero-order valence-electron chi connectivity index (χ0n) is 18.4. The summed E-state index contributed by atoms with van der Waals surface area (Å²) in [4.78, 5) is 35.1. The van der Waals surface area contributed by atoms with Gasteiger partial charge in [-0.05, 0) is 67.0 Å². The minimum absolute atomic E-state index is 0.214. The molecule has 3 heterocycles. The van der Waals surface area contributed by atoms with Gasteiger partial charge in [0.15, 0.2) is 11.6 Å². The van der Waals surface area contributed by atoms with Gasteiger partial charge in [0.1, 0.15) is 5.69 Å². The molecule has 4 aromatic rings. The molecular formula is C26H25N3O3S. The number of rotatable bonds is 6. The van der Waals surface area contributed by atoms with E-state index in [0.717, 1.165) is 53.1 Å². The van der Waals surface area contributed by atoms with Crippen molar-refractivity contribution in [3.05, 3.63) is 70.5 Å². The van der Waals surface area contributed by atoms with Crippen LogP contribution >= 0.6 is 11.3 Å². The highest BCUT2D eigenvalue weighted by atomic mass is 32.1.